The van der Waals surface area contributed by atoms with E-state index in [-0.39, 0.29) is 19.0 Å². The van der Waals surface area contributed by atoms with Gasteiger partial charge >= 0.3 is 5.97 Å². The lowest BCUT2D eigenvalue weighted by atomic mass is 9.90. The zero-order chi connectivity index (χ0) is 14.3. The van der Waals surface area contributed by atoms with E-state index in [1.54, 1.807) is 0 Å². The summed E-state index contributed by atoms with van der Waals surface area (Å²) in [6, 6.07) is 0.0492. The molecule has 0 aromatic heterocycles. The number of carboxylic acids is 1. The second-order valence-electron chi connectivity index (χ2n) is 5.29. The van der Waals surface area contributed by atoms with Gasteiger partial charge in [-0.05, 0) is 18.8 Å². The second-order valence-corrected chi connectivity index (χ2v) is 5.29. The third-order valence-corrected chi connectivity index (χ3v) is 3.51. The van der Waals surface area contributed by atoms with E-state index in [1.165, 1.54) is 0 Å². The van der Waals surface area contributed by atoms with E-state index < -0.39 is 12.4 Å². The number of hydrogen-bond donors (Lipinski definition) is 2. The van der Waals surface area contributed by atoms with Crippen molar-refractivity contribution < 1.29 is 18.7 Å². The fourth-order valence-corrected chi connectivity index (χ4v) is 2.76. The van der Waals surface area contributed by atoms with E-state index >= 15 is 0 Å². The van der Waals surface area contributed by atoms with E-state index in [0.29, 0.717) is 19.0 Å². The van der Waals surface area contributed by atoms with Gasteiger partial charge in [-0.2, -0.15) is 0 Å². The largest absolute Gasteiger partial charge is 0.481 e. The van der Waals surface area contributed by atoms with Gasteiger partial charge < -0.3 is 15.3 Å². The van der Waals surface area contributed by atoms with Gasteiger partial charge in [0.15, 0.2) is 0 Å². The number of aliphatic carboxylic acids is 1. The summed E-state index contributed by atoms with van der Waals surface area (Å²) in [7, 11) is 0. The molecule has 1 fully saturated rings. The summed E-state index contributed by atoms with van der Waals surface area (Å²) >= 11 is 0. The third-order valence-electron chi connectivity index (χ3n) is 3.51. The monoisotopic (exact) mass is 278 g/mol. The first-order valence-corrected chi connectivity index (χ1v) is 6.97. The molecule has 1 heterocycles. The number of piperidine rings is 1. The lowest BCUT2D eigenvalue weighted by Crippen LogP contribution is -2.50. The minimum atomic E-state index is -2.33. The van der Waals surface area contributed by atoms with Crippen LogP contribution in [0, 0.1) is 5.92 Å². The Labute approximate surface area is 113 Å². The summed E-state index contributed by atoms with van der Waals surface area (Å²) in [6.07, 6.45) is 0.819. The summed E-state index contributed by atoms with van der Waals surface area (Å²) in [5.74, 6) is -0.336. The molecule has 1 rings (SSSR count). The fraction of sp³-hybridized carbons (Fsp3) is 0.923. The van der Waals surface area contributed by atoms with E-state index in [9.17, 15) is 13.6 Å². The number of alkyl halides is 2. The molecule has 0 saturated carbocycles. The molecule has 1 aliphatic rings. The van der Waals surface area contributed by atoms with Crippen LogP contribution in [0.3, 0.4) is 0 Å². The highest BCUT2D eigenvalue weighted by molar-refractivity contribution is 5.66. The predicted octanol–water partition coefficient (Wildman–Crippen LogP) is 1.81. The van der Waals surface area contributed by atoms with Crippen molar-refractivity contribution in [3.63, 3.8) is 0 Å². The van der Waals surface area contributed by atoms with Crippen LogP contribution in [0.1, 0.15) is 32.6 Å². The van der Waals surface area contributed by atoms with Crippen LogP contribution in [0.25, 0.3) is 0 Å². The summed E-state index contributed by atoms with van der Waals surface area (Å²) < 4.78 is 24.5. The minimum Gasteiger partial charge on any atom is -0.481 e. The number of likely N-dealkylation sites (tertiary alicyclic amines) is 1. The van der Waals surface area contributed by atoms with Gasteiger partial charge in [0.25, 0.3) is 6.43 Å². The number of nitrogens with zero attached hydrogens (tertiary/aromatic N) is 1. The van der Waals surface area contributed by atoms with E-state index in [4.69, 9.17) is 5.11 Å². The second kappa shape index (κ2) is 8.43. The summed E-state index contributed by atoms with van der Waals surface area (Å²) in [4.78, 5) is 12.7. The molecule has 0 spiro atoms. The lowest BCUT2D eigenvalue weighted by Gasteiger charge is -2.38. The molecule has 1 aliphatic heterocycles. The highest BCUT2D eigenvalue weighted by Gasteiger charge is 2.27. The molecule has 2 N–H and O–H groups in total. The van der Waals surface area contributed by atoms with Gasteiger partial charge in [0.1, 0.15) is 0 Å². The van der Waals surface area contributed by atoms with Gasteiger partial charge in [0.05, 0.1) is 13.0 Å². The van der Waals surface area contributed by atoms with Crippen LogP contribution >= 0.6 is 0 Å². The quantitative estimate of drug-likeness (QED) is 0.711. The SMILES string of the molecule is CCCC1CC(NCC(F)F)CN(CCC(=O)O)C1. The van der Waals surface area contributed by atoms with Gasteiger partial charge in [-0.15, -0.1) is 0 Å². The Kier molecular flexibility index (Phi) is 7.23. The topological polar surface area (TPSA) is 52.6 Å². The highest BCUT2D eigenvalue weighted by Crippen LogP contribution is 2.21. The Morgan fingerprint density at radius 1 is 1.47 bits per heavy atom. The van der Waals surface area contributed by atoms with E-state index in [2.05, 4.69) is 17.1 Å². The number of halogens is 2. The molecule has 112 valence electrons. The first-order chi connectivity index (χ1) is 9.01. The molecule has 0 aromatic rings. The highest BCUT2D eigenvalue weighted by atomic mass is 19.3. The normalized spacial score (nSPS) is 24.8. The maximum absolute atomic E-state index is 12.2. The average molecular weight is 278 g/mol. The van der Waals surface area contributed by atoms with Crippen LogP contribution in [0.5, 0.6) is 0 Å². The molecule has 6 heteroatoms. The predicted molar refractivity (Wildman–Crippen MR) is 69.5 cm³/mol. The Morgan fingerprint density at radius 2 is 2.21 bits per heavy atom. The van der Waals surface area contributed by atoms with Crippen LogP contribution in [0.2, 0.25) is 0 Å². The molecule has 0 radical (unpaired) electrons. The standard InChI is InChI=1S/C13H24F2N2O2/c1-2-3-10-6-11(16-7-12(14)15)9-17(8-10)5-4-13(18)19/h10-12,16H,2-9H2,1H3,(H,18,19). The molecule has 2 atom stereocenters. The van der Waals surface area contributed by atoms with Crippen molar-refractivity contribution in [1.82, 2.24) is 10.2 Å². The number of nitrogens with one attached hydrogen (secondary N) is 1. The molecule has 0 bridgehead atoms. The Morgan fingerprint density at radius 3 is 2.79 bits per heavy atom. The van der Waals surface area contributed by atoms with Crippen LogP contribution in [0.4, 0.5) is 8.78 Å². The number of rotatable bonds is 8. The molecule has 19 heavy (non-hydrogen) atoms. The van der Waals surface area contributed by atoms with Crippen LogP contribution in [-0.2, 0) is 4.79 Å². The summed E-state index contributed by atoms with van der Waals surface area (Å²) in [5.41, 5.74) is 0. The van der Waals surface area contributed by atoms with Crippen molar-refractivity contribution in [3.05, 3.63) is 0 Å². The molecular weight excluding hydrogens is 254 g/mol. The van der Waals surface area contributed by atoms with Crippen molar-refractivity contribution in [3.8, 4) is 0 Å². The molecule has 0 aliphatic carbocycles. The number of carboxylic acid groups (broad SMARTS) is 1. The molecule has 0 aromatic carbocycles. The maximum Gasteiger partial charge on any atom is 0.304 e. The molecule has 0 amide bonds. The molecule has 2 unspecified atom stereocenters. The summed E-state index contributed by atoms with van der Waals surface area (Å²) in [5, 5.41) is 11.6. The smallest absolute Gasteiger partial charge is 0.304 e. The van der Waals surface area contributed by atoms with Gasteiger partial charge in [-0.25, -0.2) is 8.78 Å². The number of carbonyl (C=O) groups is 1. The van der Waals surface area contributed by atoms with Gasteiger partial charge in [0, 0.05) is 25.7 Å². The Balaban J connectivity index is 2.44. The van der Waals surface area contributed by atoms with Crippen molar-refractivity contribution >= 4 is 5.97 Å². The Hall–Kier alpha value is -0.750. The van der Waals surface area contributed by atoms with E-state index in [1.807, 2.05) is 0 Å². The van der Waals surface area contributed by atoms with Crippen molar-refractivity contribution in [2.75, 3.05) is 26.2 Å². The summed E-state index contributed by atoms with van der Waals surface area (Å²) in [6.45, 7) is 3.88. The third kappa shape index (κ3) is 6.82. The van der Waals surface area contributed by atoms with Gasteiger partial charge in [-0.3, -0.25) is 4.79 Å². The van der Waals surface area contributed by atoms with Crippen LogP contribution < -0.4 is 5.32 Å². The molecular formula is C13H24F2N2O2. The minimum absolute atomic E-state index is 0.0492. The lowest BCUT2D eigenvalue weighted by molar-refractivity contribution is -0.137. The molecule has 1 saturated heterocycles. The average Bonchev–Trinajstić information content (AvgIpc) is 2.34. The first kappa shape index (κ1) is 16.3. The van der Waals surface area contributed by atoms with Crippen molar-refractivity contribution in [2.45, 2.75) is 45.1 Å². The van der Waals surface area contributed by atoms with Crippen LogP contribution in [-0.4, -0.2) is 54.6 Å². The van der Waals surface area contributed by atoms with Gasteiger partial charge in [-0.1, -0.05) is 13.3 Å². The first-order valence-electron chi connectivity index (χ1n) is 6.97. The maximum atomic E-state index is 12.2. The fourth-order valence-electron chi connectivity index (χ4n) is 2.76. The van der Waals surface area contributed by atoms with Gasteiger partial charge in [0.2, 0.25) is 0 Å². The van der Waals surface area contributed by atoms with Crippen molar-refractivity contribution in [1.29, 1.82) is 0 Å². The zero-order valence-electron chi connectivity index (χ0n) is 11.4. The molecule has 4 nitrogen and oxygen atoms in total. The van der Waals surface area contributed by atoms with E-state index in [0.717, 1.165) is 25.8 Å². The van der Waals surface area contributed by atoms with Crippen LogP contribution in [0.15, 0.2) is 0 Å². The zero-order valence-corrected chi connectivity index (χ0v) is 11.4. The number of hydrogen-bond acceptors (Lipinski definition) is 3. The Bertz CT molecular complexity index is 277. The van der Waals surface area contributed by atoms with Crippen molar-refractivity contribution in [2.24, 2.45) is 5.92 Å².